The van der Waals surface area contributed by atoms with Crippen LogP contribution >= 0.6 is 23.4 Å². The molecule has 0 N–H and O–H groups in total. The van der Waals surface area contributed by atoms with E-state index in [1.54, 1.807) is 0 Å². The molecular weight excluding hydrogens is 252 g/mol. The summed E-state index contributed by atoms with van der Waals surface area (Å²) in [6, 6.07) is 0. The van der Waals surface area contributed by atoms with E-state index in [0.717, 1.165) is 22.2 Å². The summed E-state index contributed by atoms with van der Waals surface area (Å²) >= 11 is 7.99. The van der Waals surface area contributed by atoms with E-state index in [4.69, 9.17) is 11.6 Å². The number of hydrogen-bond donors (Lipinski definition) is 0. The van der Waals surface area contributed by atoms with Crippen LogP contribution in [0.2, 0.25) is 5.15 Å². The van der Waals surface area contributed by atoms with Crippen LogP contribution in [0.5, 0.6) is 0 Å². The predicted molar refractivity (Wildman–Crippen MR) is 74.0 cm³/mol. The monoisotopic (exact) mass is 270 g/mol. The van der Waals surface area contributed by atoms with Gasteiger partial charge in [0.25, 0.3) is 0 Å². The van der Waals surface area contributed by atoms with Crippen LogP contribution in [-0.2, 0) is 0 Å². The van der Waals surface area contributed by atoms with Gasteiger partial charge in [-0.25, -0.2) is 9.97 Å². The topological polar surface area (TPSA) is 25.8 Å². The Balaban J connectivity index is 2.03. The normalized spacial score (nSPS) is 15.2. The number of aromatic nitrogens is 2. The van der Waals surface area contributed by atoms with E-state index < -0.39 is 0 Å². The molecule has 1 saturated carbocycles. The fourth-order valence-corrected chi connectivity index (χ4v) is 2.92. The highest BCUT2D eigenvalue weighted by Crippen LogP contribution is 2.39. The van der Waals surface area contributed by atoms with E-state index in [1.165, 1.54) is 32.1 Å². The van der Waals surface area contributed by atoms with Gasteiger partial charge in [0, 0.05) is 11.5 Å². The lowest BCUT2D eigenvalue weighted by molar-refractivity contribution is 0.777. The summed E-state index contributed by atoms with van der Waals surface area (Å²) < 4.78 is 0. The smallest absolute Gasteiger partial charge is 0.136 e. The summed E-state index contributed by atoms with van der Waals surface area (Å²) in [5.74, 6) is 2.66. The molecule has 0 atom stereocenters. The Morgan fingerprint density at radius 1 is 1.29 bits per heavy atom. The van der Waals surface area contributed by atoms with E-state index in [9.17, 15) is 0 Å². The zero-order valence-corrected chi connectivity index (χ0v) is 12.1. The molecule has 0 spiro atoms. The highest BCUT2D eigenvalue weighted by Gasteiger charge is 2.27. The highest BCUT2D eigenvalue weighted by atomic mass is 35.5. The first-order chi connectivity index (χ1) is 8.22. The number of nitrogens with zero attached hydrogens (tertiary/aromatic N) is 2. The molecule has 1 fully saturated rings. The first kappa shape index (κ1) is 13.2. The van der Waals surface area contributed by atoms with Crippen molar-refractivity contribution in [2.75, 3.05) is 5.75 Å². The molecule has 0 aliphatic heterocycles. The van der Waals surface area contributed by atoms with E-state index in [2.05, 4.69) is 16.9 Å². The number of halogens is 1. The third kappa shape index (κ3) is 3.59. The van der Waals surface area contributed by atoms with Gasteiger partial charge < -0.3 is 0 Å². The largest absolute Gasteiger partial charge is 0.226 e. The molecule has 4 heteroatoms. The van der Waals surface area contributed by atoms with Crippen molar-refractivity contribution in [1.29, 1.82) is 0 Å². The Morgan fingerprint density at radius 3 is 2.71 bits per heavy atom. The standard InChI is InChI=1S/C13H19ClN2S/c1-3-4-5-8-17-13-9(2)11(14)15-12(16-13)10-6-7-10/h10H,3-8H2,1-2H3. The summed E-state index contributed by atoms with van der Waals surface area (Å²) in [4.78, 5) is 9.04. The number of rotatable bonds is 6. The zero-order chi connectivity index (χ0) is 12.3. The van der Waals surface area contributed by atoms with Crippen molar-refractivity contribution in [3.8, 4) is 0 Å². The van der Waals surface area contributed by atoms with Crippen molar-refractivity contribution in [2.24, 2.45) is 0 Å². The van der Waals surface area contributed by atoms with Crippen LogP contribution < -0.4 is 0 Å². The Kier molecular flexibility index (Phi) is 4.69. The van der Waals surface area contributed by atoms with Gasteiger partial charge in [-0.2, -0.15) is 0 Å². The predicted octanol–water partition coefficient (Wildman–Crippen LogP) is 4.60. The maximum absolute atomic E-state index is 6.17. The molecule has 0 amide bonds. The van der Waals surface area contributed by atoms with Crippen molar-refractivity contribution in [1.82, 2.24) is 9.97 Å². The Morgan fingerprint density at radius 2 is 2.06 bits per heavy atom. The fraction of sp³-hybridized carbons (Fsp3) is 0.692. The van der Waals surface area contributed by atoms with Gasteiger partial charge in [-0.05, 0) is 31.9 Å². The molecular formula is C13H19ClN2S. The van der Waals surface area contributed by atoms with E-state index >= 15 is 0 Å². The van der Waals surface area contributed by atoms with Crippen molar-refractivity contribution < 1.29 is 0 Å². The quantitative estimate of drug-likeness (QED) is 0.429. The van der Waals surface area contributed by atoms with Crippen LogP contribution in [0, 0.1) is 6.92 Å². The zero-order valence-electron chi connectivity index (χ0n) is 10.5. The molecule has 94 valence electrons. The molecule has 0 aromatic carbocycles. The molecule has 2 nitrogen and oxygen atoms in total. The average molecular weight is 271 g/mol. The van der Waals surface area contributed by atoms with Crippen molar-refractivity contribution in [3.63, 3.8) is 0 Å². The number of thioether (sulfide) groups is 1. The van der Waals surface area contributed by atoms with Crippen LogP contribution in [0.25, 0.3) is 0 Å². The van der Waals surface area contributed by atoms with Gasteiger partial charge in [-0.15, -0.1) is 11.8 Å². The first-order valence-corrected chi connectivity index (χ1v) is 7.75. The van der Waals surface area contributed by atoms with Crippen molar-refractivity contribution in [2.45, 2.75) is 56.9 Å². The molecule has 0 radical (unpaired) electrons. The van der Waals surface area contributed by atoms with Gasteiger partial charge in [-0.3, -0.25) is 0 Å². The van der Waals surface area contributed by atoms with E-state index in [0.29, 0.717) is 11.1 Å². The molecule has 0 unspecified atom stereocenters. The second-order valence-corrected chi connectivity index (χ2v) is 6.07. The Hall–Kier alpha value is -0.280. The second-order valence-electron chi connectivity index (χ2n) is 4.63. The van der Waals surface area contributed by atoms with E-state index in [-0.39, 0.29) is 0 Å². The highest BCUT2D eigenvalue weighted by molar-refractivity contribution is 7.99. The number of unbranched alkanes of at least 4 members (excludes halogenated alkanes) is 2. The Bertz CT molecular complexity index is 391. The van der Waals surface area contributed by atoms with Crippen molar-refractivity contribution in [3.05, 3.63) is 16.5 Å². The van der Waals surface area contributed by atoms with Crippen LogP contribution in [0.3, 0.4) is 0 Å². The van der Waals surface area contributed by atoms with Crippen LogP contribution in [0.4, 0.5) is 0 Å². The van der Waals surface area contributed by atoms with Crippen LogP contribution in [-0.4, -0.2) is 15.7 Å². The third-order valence-electron chi connectivity index (χ3n) is 2.99. The average Bonchev–Trinajstić information content (AvgIpc) is 3.13. The molecule has 1 aliphatic carbocycles. The fourth-order valence-electron chi connectivity index (χ4n) is 1.67. The van der Waals surface area contributed by atoms with Gasteiger partial charge in [0.15, 0.2) is 0 Å². The van der Waals surface area contributed by atoms with Gasteiger partial charge in [0.1, 0.15) is 16.0 Å². The maximum atomic E-state index is 6.17. The maximum Gasteiger partial charge on any atom is 0.136 e. The molecule has 0 saturated heterocycles. The van der Waals surface area contributed by atoms with Crippen LogP contribution in [0.1, 0.15) is 56.3 Å². The minimum Gasteiger partial charge on any atom is -0.226 e. The lowest BCUT2D eigenvalue weighted by atomic mass is 10.3. The Labute approximate surface area is 113 Å². The van der Waals surface area contributed by atoms with Gasteiger partial charge in [-0.1, -0.05) is 31.4 Å². The molecule has 1 aromatic rings. The summed E-state index contributed by atoms with van der Waals surface area (Å²) in [7, 11) is 0. The second kappa shape index (κ2) is 6.05. The summed E-state index contributed by atoms with van der Waals surface area (Å²) in [5.41, 5.74) is 1.04. The summed E-state index contributed by atoms with van der Waals surface area (Å²) in [6.07, 6.45) is 6.25. The lowest BCUT2D eigenvalue weighted by Crippen LogP contribution is -1.99. The van der Waals surface area contributed by atoms with Crippen LogP contribution in [0.15, 0.2) is 5.03 Å². The van der Waals surface area contributed by atoms with Gasteiger partial charge in [0.2, 0.25) is 0 Å². The minimum atomic E-state index is 0.572. The molecule has 17 heavy (non-hydrogen) atoms. The molecule has 0 bridgehead atoms. The summed E-state index contributed by atoms with van der Waals surface area (Å²) in [5, 5.41) is 1.72. The number of hydrogen-bond acceptors (Lipinski definition) is 3. The molecule has 1 heterocycles. The first-order valence-electron chi connectivity index (χ1n) is 6.39. The third-order valence-corrected chi connectivity index (χ3v) is 4.52. The van der Waals surface area contributed by atoms with Gasteiger partial charge >= 0.3 is 0 Å². The molecule has 1 aromatic heterocycles. The van der Waals surface area contributed by atoms with E-state index in [1.807, 2.05) is 18.7 Å². The van der Waals surface area contributed by atoms with Crippen molar-refractivity contribution >= 4 is 23.4 Å². The SMILES string of the molecule is CCCCCSc1nc(C2CC2)nc(Cl)c1C. The minimum absolute atomic E-state index is 0.572. The molecule has 2 rings (SSSR count). The van der Waals surface area contributed by atoms with Gasteiger partial charge in [0.05, 0.1) is 0 Å². The lowest BCUT2D eigenvalue weighted by Gasteiger charge is -2.08. The molecule has 1 aliphatic rings. The summed E-state index contributed by atoms with van der Waals surface area (Å²) in [6.45, 7) is 4.24.